The molecule has 3 nitrogen and oxygen atoms in total. The molecule has 0 spiro atoms. The van der Waals surface area contributed by atoms with Gasteiger partial charge in [0, 0.05) is 18.7 Å². The third kappa shape index (κ3) is 1.96. The summed E-state index contributed by atoms with van der Waals surface area (Å²) < 4.78 is 2.68. The van der Waals surface area contributed by atoms with Gasteiger partial charge in [-0.25, -0.2) is 0 Å². The molecule has 82 valence electrons. The predicted molar refractivity (Wildman–Crippen MR) is 66.8 cm³/mol. The van der Waals surface area contributed by atoms with Crippen molar-refractivity contribution in [2.75, 3.05) is 0 Å². The highest BCUT2D eigenvalue weighted by atomic mass is 127. The van der Waals surface area contributed by atoms with Crippen molar-refractivity contribution in [2.24, 2.45) is 12.5 Å². The maximum absolute atomic E-state index is 12.3. The zero-order chi connectivity index (χ0) is 11.1. The average Bonchev–Trinajstić information content (AvgIpc) is 2.73. The number of carbonyl (C=O) groups is 1. The second kappa shape index (κ2) is 3.88. The second-order valence-corrected chi connectivity index (χ2v) is 5.76. The molecule has 1 aliphatic carbocycles. The molecule has 2 rings (SSSR count). The molecule has 0 bridgehead atoms. The van der Waals surface area contributed by atoms with Crippen LogP contribution >= 0.6 is 22.6 Å². The largest absolute Gasteiger partial charge is 0.292 e. The summed E-state index contributed by atoms with van der Waals surface area (Å²) in [5.74, 6) is 0.227. The summed E-state index contributed by atoms with van der Waals surface area (Å²) in [6.07, 6.45) is 6.26. The van der Waals surface area contributed by atoms with Crippen LogP contribution in [0, 0.1) is 8.99 Å². The number of hydrogen-bond donors (Lipinski definition) is 0. The molecule has 0 saturated heterocycles. The Hall–Kier alpha value is -0.390. The number of aromatic nitrogens is 2. The summed E-state index contributed by atoms with van der Waals surface area (Å²) in [7, 11) is 1.86. The Morgan fingerprint density at radius 3 is 2.60 bits per heavy atom. The lowest BCUT2D eigenvalue weighted by Gasteiger charge is -2.20. The molecule has 1 aliphatic rings. The molecule has 4 heteroatoms. The number of carbonyl (C=O) groups excluding carboxylic acids is 1. The molecule has 0 N–H and O–H groups in total. The average molecular weight is 318 g/mol. The summed E-state index contributed by atoms with van der Waals surface area (Å²) in [4.78, 5) is 12.3. The van der Waals surface area contributed by atoms with Crippen LogP contribution in [-0.2, 0) is 7.05 Å². The fourth-order valence-corrected chi connectivity index (χ4v) is 3.04. The Balaban J connectivity index is 2.31. The Kier molecular flexibility index (Phi) is 2.87. The minimum atomic E-state index is -0.158. The zero-order valence-corrected chi connectivity index (χ0v) is 11.2. The van der Waals surface area contributed by atoms with Gasteiger partial charge >= 0.3 is 0 Å². The first-order valence-corrected chi connectivity index (χ1v) is 6.35. The van der Waals surface area contributed by atoms with Crippen LogP contribution in [0.2, 0.25) is 0 Å². The predicted octanol–water partition coefficient (Wildman–Crippen LogP) is 2.79. The molecule has 0 atom stereocenters. The van der Waals surface area contributed by atoms with E-state index < -0.39 is 0 Å². The summed E-state index contributed by atoms with van der Waals surface area (Å²) in [6, 6.07) is 0. The molecular weight excluding hydrogens is 303 g/mol. The lowest BCUT2D eigenvalue weighted by molar-refractivity contribution is 0.0816. The summed E-state index contributed by atoms with van der Waals surface area (Å²) in [6.45, 7) is 2.08. The fraction of sp³-hybridized carbons (Fsp3) is 0.636. The Labute approximate surface area is 103 Å². The highest BCUT2D eigenvalue weighted by Gasteiger charge is 2.38. The molecule has 0 aliphatic heterocycles. The summed E-state index contributed by atoms with van der Waals surface area (Å²) >= 11 is 2.19. The SMILES string of the molecule is Cn1cc(I)c(C(=O)C2(C)CCCC2)n1. The molecule has 1 aromatic rings. The highest BCUT2D eigenvalue weighted by molar-refractivity contribution is 14.1. The Morgan fingerprint density at radius 2 is 2.13 bits per heavy atom. The first-order valence-electron chi connectivity index (χ1n) is 5.27. The van der Waals surface area contributed by atoms with Crippen molar-refractivity contribution in [3.8, 4) is 0 Å². The van der Waals surface area contributed by atoms with E-state index in [1.807, 2.05) is 13.2 Å². The van der Waals surface area contributed by atoms with Crippen LogP contribution < -0.4 is 0 Å². The van der Waals surface area contributed by atoms with Crippen LogP contribution in [0.3, 0.4) is 0 Å². The number of Topliss-reactive ketones (excluding diaryl/α,β-unsaturated/α-hetero) is 1. The fourth-order valence-electron chi connectivity index (χ4n) is 2.28. The van der Waals surface area contributed by atoms with Gasteiger partial charge in [-0.2, -0.15) is 5.10 Å². The number of aryl methyl sites for hydroxylation is 1. The molecular formula is C11H15IN2O. The number of ketones is 1. The van der Waals surface area contributed by atoms with Crippen LogP contribution in [0.5, 0.6) is 0 Å². The number of nitrogens with zero attached hydrogens (tertiary/aromatic N) is 2. The third-order valence-corrected chi connectivity index (χ3v) is 4.04. The normalized spacial score (nSPS) is 19.4. The van der Waals surface area contributed by atoms with Crippen LogP contribution in [-0.4, -0.2) is 15.6 Å². The van der Waals surface area contributed by atoms with Crippen molar-refractivity contribution >= 4 is 28.4 Å². The Morgan fingerprint density at radius 1 is 1.53 bits per heavy atom. The quantitative estimate of drug-likeness (QED) is 0.621. The molecule has 15 heavy (non-hydrogen) atoms. The van der Waals surface area contributed by atoms with Gasteiger partial charge in [-0.1, -0.05) is 19.8 Å². The van der Waals surface area contributed by atoms with Crippen LogP contribution in [0.1, 0.15) is 43.1 Å². The lowest BCUT2D eigenvalue weighted by atomic mass is 9.82. The number of hydrogen-bond acceptors (Lipinski definition) is 2. The monoisotopic (exact) mass is 318 g/mol. The molecule has 1 saturated carbocycles. The van der Waals surface area contributed by atoms with Crippen molar-refractivity contribution in [3.05, 3.63) is 15.5 Å². The van der Waals surface area contributed by atoms with E-state index in [-0.39, 0.29) is 11.2 Å². The maximum atomic E-state index is 12.3. The van der Waals surface area contributed by atoms with Gasteiger partial charge in [0.05, 0.1) is 3.57 Å². The lowest BCUT2D eigenvalue weighted by Crippen LogP contribution is -2.25. The van der Waals surface area contributed by atoms with Gasteiger partial charge in [-0.05, 0) is 35.4 Å². The highest BCUT2D eigenvalue weighted by Crippen LogP contribution is 2.40. The van der Waals surface area contributed by atoms with Gasteiger partial charge in [-0.3, -0.25) is 9.48 Å². The summed E-state index contributed by atoms with van der Waals surface area (Å²) in [5, 5.41) is 4.26. The van der Waals surface area contributed by atoms with Gasteiger partial charge in [0.1, 0.15) is 5.69 Å². The molecule has 1 fully saturated rings. The second-order valence-electron chi connectivity index (χ2n) is 4.60. The third-order valence-electron chi connectivity index (χ3n) is 3.25. The summed E-state index contributed by atoms with van der Waals surface area (Å²) in [5.41, 5.74) is 0.497. The maximum Gasteiger partial charge on any atom is 0.189 e. The van der Waals surface area contributed by atoms with Crippen LogP contribution in [0.25, 0.3) is 0 Å². The minimum Gasteiger partial charge on any atom is -0.292 e. The van der Waals surface area contributed by atoms with E-state index in [0.717, 1.165) is 16.4 Å². The van der Waals surface area contributed by atoms with Crippen molar-refractivity contribution in [1.82, 2.24) is 9.78 Å². The van der Waals surface area contributed by atoms with E-state index in [2.05, 4.69) is 34.6 Å². The van der Waals surface area contributed by atoms with E-state index in [4.69, 9.17) is 0 Å². The van der Waals surface area contributed by atoms with Crippen molar-refractivity contribution in [1.29, 1.82) is 0 Å². The molecule has 0 amide bonds. The molecule has 0 unspecified atom stereocenters. The van der Waals surface area contributed by atoms with Gasteiger partial charge in [-0.15, -0.1) is 0 Å². The van der Waals surface area contributed by atoms with Crippen LogP contribution in [0.15, 0.2) is 6.20 Å². The molecule has 1 aromatic heterocycles. The van der Waals surface area contributed by atoms with Crippen molar-refractivity contribution in [3.63, 3.8) is 0 Å². The van der Waals surface area contributed by atoms with Gasteiger partial charge < -0.3 is 0 Å². The first-order chi connectivity index (χ1) is 7.03. The smallest absolute Gasteiger partial charge is 0.189 e. The number of rotatable bonds is 2. The topological polar surface area (TPSA) is 34.9 Å². The van der Waals surface area contributed by atoms with Gasteiger partial charge in [0.15, 0.2) is 5.78 Å². The number of halogens is 1. The molecule has 0 radical (unpaired) electrons. The van der Waals surface area contributed by atoms with E-state index in [0.29, 0.717) is 5.69 Å². The van der Waals surface area contributed by atoms with E-state index in [9.17, 15) is 4.79 Å². The van der Waals surface area contributed by atoms with Gasteiger partial charge in [0.25, 0.3) is 0 Å². The van der Waals surface area contributed by atoms with E-state index in [1.165, 1.54) is 12.8 Å². The van der Waals surface area contributed by atoms with Crippen LogP contribution in [0.4, 0.5) is 0 Å². The minimum absolute atomic E-state index is 0.158. The van der Waals surface area contributed by atoms with Crippen molar-refractivity contribution in [2.45, 2.75) is 32.6 Å². The van der Waals surface area contributed by atoms with E-state index >= 15 is 0 Å². The van der Waals surface area contributed by atoms with E-state index in [1.54, 1.807) is 4.68 Å². The zero-order valence-electron chi connectivity index (χ0n) is 9.09. The molecule has 1 heterocycles. The van der Waals surface area contributed by atoms with Gasteiger partial charge in [0.2, 0.25) is 0 Å². The standard InChI is InChI=1S/C11H15IN2O/c1-11(5-3-4-6-11)10(15)9-8(12)7-14(2)13-9/h7H,3-6H2,1-2H3. The first kappa shape index (κ1) is 11.1. The Bertz CT molecular complexity index is 391. The molecule has 0 aromatic carbocycles. The van der Waals surface area contributed by atoms with Crippen molar-refractivity contribution < 1.29 is 4.79 Å².